The maximum Gasteiger partial charge on any atom is 0.312 e. The number of carbonyl (C=O) groups excluding carboxylic acids is 3. The molecular weight excluding hydrogens is 382 g/mol. The van der Waals surface area contributed by atoms with Crippen molar-refractivity contribution >= 4 is 35.2 Å². The summed E-state index contributed by atoms with van der Waals surface area (Å²) in [6.45, 7) is 1.59. The van der Waals surface area contributed by atoms with E-state index in [0.29, 0.717) is 16.3 Å². The molecule has 3 amide bonds. The van der Waals surface area contributed by atoms with Crippen LogP contribution in [0.4, 0.5) is 10.5 Å². The van der Waals surface area contributed by atoms with Crippen LogP contribution in [0.3, 0.4) is 0 Å². The van der Waals surface area contributed by atoms with E-state index in [1.54, 1.807) is 36.4 Å². The number of nitrogens with two attached hydrogens (primary N) is 1. The van der Waals surface area contributed by atoms with E-state index < -0.39 is 30.6 Å². The number of hydrogen-bond acceptors (Lipinski definition) is 4. The molecule has 2 aromatic carbocycles. The highest BCUT2D eigenvalue weighted by atomic mass is 35.5. The van der Waals surface area contributed by atoms with E-state index in [0.717, 1.165) is 12.0 Å². The summed E-state index contributed by atoms with van der Waals surface area (Å²) in [6, 6.07) is 12.6. The lowest BCUT2D eigenvalue weighted by Gasteiger charge is -2.18. The second-order valence-electron chi connectivity index (χ2n) is 6.05. The summed E-state index contributed by atoms with van der Waals surface area (Å²) >= 11 is 6.12. The third-order valence-corrected chi connectivity index (χ3v) is 4.32. The Balaban J connectivity index is 1.90. The molecule has 0 bridgehead atoms. The van der Waals surface area contributed by atoms with Crippen molar-refractivity contribution in [2.75, 3.05) is 11.9 Å². The van der Waals surface area contributed by atoms with Gasteiger partial charge in [-0.1, -0.05) is 48.9 Å². The predicted octanol–water partition coefficient (Wildman–Crippen LogP) is 3.18. The van der Waals surface area contributed by atoms with Gasteiger partial charge < -0.3 is 21.1 Å². The van der Waals surface area contributed by atoms with Crippen LogP contribution < -0.4 is 16.4 Å². The first kappa shape index (κ1) is 21.2. The maximum atomic E-state index is 12.1. The fourth-order valence-corrected chi connectivity index (χ4v) is 2.83. The van der Waals surface area contributed by atoms with Crippen molar-refractivity contribution in [1.29, 1.82) is 0 Å². The Morgan fingerprint density at radius 1 is 1.11 bits per heavy atom. The van der Waals surface area contributed by atoms with Crippen molar-refractivity contribution < 1.29 is 19.1 Å². The molecular formula is C20H22ClN3O4. The number of rotatable bonds is 8. The minimum absolute atomic E-state index is 0.217. The standard InChI is InChI=1S/C20H22ClN3O4/c1-2-13-7-9-14(10-8-13)23-18(25)12-28-19(26)11-17(24-20(22)27)15-5-3-4-6-16(15)21/h3-10,17H,2,11-12H2,1H3,(H,23,25)(H3,22,24,27)/t17-/m0/s1. The van der Waals surface area contributed by atoms with E-state index in [4.69, 9.17) is 22.1 Å². The van der Waals surface area contributed by atoms with E-state index in [-0.39, 0.29) is 6.42 Å². The molecule has 28 heavy (non-hydrogen) atoms. The van der Waals surface area contributed by atoms with Crippen LogP contribution in [0.1, 0.15) is 30.5 Å². The number of benzene rings is 2. The SMILES string of the molecule is CCc1ccc(NC(=O)COC(=O)C[C@H](NC(N)=O)c2ccccc2Cl)cc1. The first-order chi connectivity index (χ1) is 13.4. The average Bonchev–Trinajstić information content (AvgIpc) is 2.66. The summed E-state index contributed by atoms with van der Waals surface area (Å²) in [5, 5.41) is 5.48. The Morgan fingerprint density at radius 2 is 1.79 bits per heavy atom. The topological polar surface area (TPSA) is 111 Å². The molecule has 0 saturated heterocycles. The monoisotopic (exact) mass is 403 g/mol. The second kappa shape index (κ2) is 10.3. The first-order valence-electron chi connectivity index (χ1n) is 8.73. The van der Waals surface area contributed by atoms with E-state index in [1.807, 2.05) is 19.1 Å². The molecule has 2 aromatic rings. The van der Waals surface area contributed by atoms with Gasteiger partial charge in [0.2, 0.25) is 0 Å². The van der Waals surface area contributed by atoms with Crippen molar-refractivity contribution in [3.05, 3.63) is 64.7 Å². The van der Waals surface area contributed by atoms with Gasteiger partial charge in [-0.25, -0.2) is 4.79 Å². The maximum absolute atomic E-state index is 12.1. The van der Waals surface area contributed by atoms with E-state index in [1.165, 1.54) is 0 Å². The molecule has 0 spiro atoms. The normalized spacial score (nSPS) is 11.4. The number of hydrogen-bond donors (Lipinski definition) is 3. The lowest BCUT2D eigenvalue weighted by atomic mass is 10.0. The Bertz CT molecular complexity index is 840. The van der Waals surface area contributed by atoms with Crippen molar-refractivity contribution in [2.45, 2.75) is 25.8 Å². The minimum atomic E-state index is -0.800. The van der Waals surface area contributed by atoms with E-state index in [2.05, 4.69) is 10.6 Å². The number of esters is 1. The molecule has 0 radical (unpaired) electrons. The van der Waals surface area contributed by atoms with Gasteiger partial charge >= 0.3 is 12.0 Å². The van der Waals surface area contributed by atoms with Crippen LogP contribution >= 0.6 is 11.6 Å². The summed E-state index contributed by atoms with van der Waals surface area (Å²) in [4.78, 5) is 35.3. The number of nitrogens with one attached hydrogen (secondary N) is 2. The van der Waals surface area contributed by atoms with Crippen molar-refractivity contribution in [3.8, 4) is 0 Å². The van der Waals surface area contributed by atoms with Gasteiger partial charge in [0.15, 0.2) is 6.61 Å². The first-order valence-corrected chi connectivity index (χ1v) is 9.11. The molecule has 0 aromatic heterocycles. The number of amides is 3. The van der Waals surface area contributed by atoms with Crippen LogP contribution in [0.15, 0.2) is 48.5 Å². The molecule has 148 valence electrons. The number of ether oxygens (including phenoxy) is 1. The number of anilines is 1. The minimum Gasteiger partial charge on any atom is -0.455 e. The van der Waals surface area contributed by atoms with Crippen LogP contribution in [-0.2, 0) is 20.7 Å². The molecule has 0 aliphatic heterocycles. The number of urea groups is 1. The lowest BCUT2D eigenvalue weighted by Crippen LogP contribution is -2.35. The molecule has 0 aliphatic carbocycles. The van der Waals surface area contributed by atoms with Gasteiger partial charge in [0, 0.05) is 10.7 Å². The zero-order valence-corrected chi connectivity index (χ0v) is 16.2. The molecule has 0 unspecified atom stereocenters. The molecule has 4 N–H and O–H groups in total. The molecule has 0 heterocycles. The van der Waals surface area contributed by atoms with Crippen LogP contribution in [0, 0.1) is 0 Å². The highest BCUT2D eigenvalue weighted by Crippen LogP contribution is 2.25. The van der Waals surface area contributed by atoms with Crippen LogP contribution in [0.25, 0.3) is 0 Å². The second-order valence-corrected chi connectivity index (χ2v) is 6.45. The van der Waals surface area contributed by atoms with Gasteiger partial charge in [0.1, 0.15) is 0 Å². The third-order valence-electron chi connectivity index (χ3n) is 3.98. The summed E-state index contributed by atoms with van der Waals surface area (Å²) in [5.74, 6) is -1.13. The number of aryl methyl sites for hydroxylation is 1. The summed E-state index contributed by atoms with van der Waals surface area (Å²) < 4.78 is 5.01. The Kier molecular flexibility index (Phi) is 7.83. The van der Waals surface area contributed by atoms with Gasteiger partial charge in [-0.15, -0.1) is 0 Å². The highest BCUT2D eigenvalue weighted by molar-refractivity contribution is 6.31. The van der Waals surface area contributed by atoms with E-state index in [9.17, 15) is 14.4 Å². The van der Waals surface area contributed by atoms with Crippen molar-refractivity contribution in [1.82, 2.24) is 5.32 Å². The van der Waals surface area contributed by atoms with Crippen molar-refractivity contribution in [2.24, 2.45) is 5.73 Å². The smallest absolute Gasteiger partial charge is 0.312 e. The average molecular weight is 404 g/mol. The fourth-order valence-electron chi connectivity index (χ4n) is 2.56. The molecule has 2 rings (SSSR count). The summed E-state index contributed by atoms with van der Waals surface area (Å²) in [7, 11) is 0. The lowest BCUT2D eigenvalue weighted by molar-refractivity contribution is -0.147. The molecule has 7 nitrogen and oxygen atoms in total. The van der Waals surface area contributed by atoms with Crippen molar-refractivity contribution in [3.63, 3.8) is 0 Å². The Morgan fingerprint density at radius 3 is 2.39 bits per heavy atom. The summed E-state index contributed by atoms with van der Waals surface area (Å²) in [6.07, 6.45) is 0.683. The summed E-state index contributed by atoms with van der Waals surface area (Å²) in [5.41, 5.74) is 7.47. The number of primary amides is 1. The molecule has 0 fully saturated rings. The Labute approximate surface area is 168 Å². The van der Waals surface area contributed by atoms with Crippen LogP contribution in [-0.4, -0.2) is 24.5 Å². The Hall–Kier alpha value is -3.06. The van der Waals surface area contributed by atoms with Gasteiger partial charge in [-0.3, -0.25) is 9.59 Å². The molecule has 0 saturated carbocycles. The third kappa shape index (κ3) is 6.59. The molecule has 0 aliphatic rings. The highest BCUT2D eigenvalue weighted by Gasteiger charge is 2.21. The van der Waals surface area contributed by atoms with Gasteiger partial charge in [0.05, 0.1) is 12.5 Å². The van der Waals surface area contributed by atoms with Gasteiger partial charge in [0.25, 0.3) is 5.91 Å². The van der Waals surface area contributed by atoms with Crippen LogP contribution in [0.5, 0.6) is 0 Å². The number of halogens is 1. The zero-order chi connectivity index (χ0) is 20.5. The number of carbonyl (C=O) groups is 3. The zero-order valence-electron chi connectivity index (χ0n) is 15.4. The molecule has 1 atom stereocenters. The largest absolute Gasteiger partial charge is 0.455 e. The fraction of sp³-hybridized carbons (Fsp3) is 0.250. The van der Waals surface area contributed by atoms with Crippen LogP contribution in [0.2, 0.25) is 5.02 Å². The van der Waals surface area contributed by atoms with Gasteiger partial charge in [-0.05, 0) is 35.7 Å². The predicted molar refractivity (Wildman–Crippen MR) is 107 cm³/mol. The van der Waals surface area contributed by atoms with Gasteiger partial charge in [-0.2, -0.15) is 0 Å². The quantitative estimate of drug-likeness (QED) is 0.588. The van der Waals surface area contributed by atoms with E-state index >= 15 is 0 Å². The molecule has 8 heteroatoms.